The summed E-state index contributed by atoms with van der Waals surface area (Å²) in [6.45, 7) is 1.92. The van der Waals surface area contributed by atoms with Crippen LogP contribution >= 0.6 is 15.9 Å². The van der Waals surface area contributed by atoms with Gasteiger partial charge in [-0.1, -0.05) is 28.1 Å². The average Bonchev–Trinajstić information content (AvgIpc) is 2.63. The molecule has 0 saturated carbocycles. The van der Waals surface area contributed by atoms with Crippen LogP contribution in [0.5, 0.6) is 0 Å². The third kappa shape index (κ3) is 4.71. The zero-order valence-electron chi connectivity index (χ0n) is 14.5. The first-order chi connectivity index (χ1) is 12.5. The van der Waals surface area contributed by atoms with Gasteiger partial charge in [0.2, 0.25) is 5.95 Å². The van der Waals surface area contributed by atoms with Gasteiger partial charge in [-0.05, 0) is 43.3 Å². The molecule has 4 N–H and O–H groups in total. The van der Waals surface area contributed by atoms with Crippen LogP contribution in [0.4, 0.5) is 23.1 Å². The molecule has 26 heavy (non-hydrogen) atoms. The highest BCUT2D eigenvalue weighted by atomic mass is 79.9. The Labute approximate surface area is 160 Å². The first kappa shape index (κ1) is 18.2. The normalized spacial score (nSPS) is 11.7. The molecule has 7 heteroatoms. The van der Waals surface area contributed by atoms with E-state index >= 15 is 0 Å². The molecule has 0 bridgehead atoms. The molecule has 1 atom stereocenters. The fourth-order valence-corrected chi connectivity index (χ4v) is 2.87. The van der Waals surface area contributed by atoms with Crippen LogP contribution in [0.3, 0.4) is 0 Å². The zero-order valence-corrected chi connectivity index (χ0v) is 16.1. The molecule has 0 aliphatic heterocycles. The Kier molecular flexibility index (Phi) is 5.70. The lowest BCUT2D eigenvalue weighted by Gasteiger charge is -2.15. The summed E-state index contributed by atoms with van der Waals surface area (Å²) < 4.78 is 0.925. The molecule has 2 aromatic carbocycles. The van der Waals surface area contributed by atoms with Crippen molar-refractivity contribution >= 4 is 39.1 Å². The number of rotatable bonds is 6. The molecule has 134 valence electrons. The van der Waals surface area contributed by atoms with E-state index in [0.717, 1.165) is 32.9 Å². The lowest BCUT2D eigenvalue weighted by Crippen LogP contribution is -2.09. The molecule has 0 fully saturated rings. The number of aliphatic hydroxyl groups is 1. The first-order valence-corrected chi connectivity index (χ1v) is 8.93. The fraction of sp³-hybridized carbons (Fsp3) is 0.158. The van der Waals surface area contributed by atoms with E-state index in [2.05, 4.69) is 41.8 Å². The standard InChI is InChI=1S/C19H20BrN5O/c1-12-10-17(21-2)25-19(22-12)24-16-8-6-15(7-9-16)23-18(26)13-4-3-5-14(20)11-13/h3-11,18,23,26H,1-2H3,(H2,21,22,24,25). The molecule has 0 aliphatic rings. The second kappa shape index (κ2) is 8.16. The predicted molar refractivity (Wildman–Crippen MR) is 109 cm³/mol. The maximum absolute atomic E-state index is 10.3. The van der Waals surface area contributed by atoms with Crippen LogP contribution in [0, 0.1) is 6.92 Å². The number of aromatic nitrogens is 2. The Morgan fingerprint density at radius 1 is 1.00 bits per heavy atom. The molecular formula is C19H20BrN5O. The summed E-state index contributed by atoms with van der Waals surface area (Å²) in [4.78, 5) is 8.75. The van der Waals surface area contributed by atoms with Crippen LogP contribution in [0.25, 0.3) is 0 Å². The number of nitrogens with one attached hydrogen (secondary N) is 3. The number of aryl methyl sites for hydroxylation is 1. The summed E-state index contributed by atoms with van der Waals surface area (Å²) in [6.07, 6.45) is -0.787. The average molecular weight is 414 g/mol. The number of anilines is 4. The van der Waals surface area contributed by atoms with E-state index in [0.29, 0.717) is 5.95 Å². The van der Waals surface area contributed by atoms with Crippen molar-refractivity contribution in [1.29, 1.82) is 0 Å². The van der Waals surface area contributed by atoms with E-state index in [9.17, 15) is 5.11 Å². The van der Waals surface area contributed by atoms with Crippen molar-refractivity contribution in [2.24, 2.45) is 0 Å². The molecule has 6 nitrogen and oxygen atoms in total. The number of halogens is 1. The highest BCUT2D eigenvalue weighted by molar-refractivity contribution is 9.10. The van der Waals surface area contributed by atoms with Gasteiger partial charge in [0.25, 0.3) is 0 Å². The summed E-state index contributed by atoms with van der Waals surface area (Å²) in [6, 6.07) is 17.0. The highest BCUT2D eigenvalue weighted by Gasteiger charge is 2.08. The van der Waals surface area contributed by atoms with E-state index < -0.39 is 6.23 Å². The molecule has 1 heterocycles. The summed E-state index contributed by atoms with van der Waals surface area (Å²) in [5.41, 5.74) is 3.33. The van der Waals surface area contributed by atoms with Gasteiger partial charge in [0.15, 0.2) is 6.23 Å². The summed E-state index contributed by atoms with van der Waals surface area (Å²) in [5, 5.41) is 19.6. The fourth-order valence-electron chi connectivity index (χ4n) is 2.45. The SMILES string of the molecule is CNc1cc(C)nc(Nc2ccc(NC(O)c3cccc(Br)c3)cc2)n1. The van der Waals surface area contributed by atoms with E-state index in [1.54, 1.807) is 0 Å². The summed E-state index contributed by atoms with van der Waals surface area (Å²) >= 11 is 3.41. The minimum atomic E-state index is -0.787. The Balaban J connectivity index is 1.68. The molecule has 3 rings (SSSR count). The van der Waals surface area contributed by atoms with Crippen molar-refractivity contribution in [1.82, 2.24) is 9.97 Å². The van der Waals surface area contributed by atoms with Crippen LogP contribution < -0.4 is 16.0 Å². The number of hydrogen-bond donors (Lipinski definition) is 4. The Morgan fingerprint density at radius 3 is 2.42 bits per heavy atom. The highest BCUT2D eigenvalue weighted by Crippen LogP contribution is 2.23. The van der Waals surface area contributed by atoms with Crippen molar-refractivity contribution < 1.29 is 5.11 Å². The van der Waals surface area contributed by atoms with Crippen molar-refractivity contribution in [2.45, 2.75) is 13.2 Å². The maximum Gasteiger partial charge on any atom is 0.229 e. The quantitative estimate of drug-likeness (QED) is 0.447. The number of hydrogen-bond acceptors (Lipinski definition) is 6. The first-order valence-electron chi connectivity index (χ1n) is 8.14. The van der Waals surface area contributed by atoms with E-state index in [1.165, 1.54) is 0 Å². The molecule has 1 aromatic heterocycles. The van der Waals surface area contributed by atoms with Crippen molar-refractivity contribution in [3.63, 3.8) is 0 Å². The topological polar surface area (TPSA) is 82.1 Å². The molecule has 0 radical (unpaired) electrons. The van der Waals surface area contributed by atoms with Crippen LogP contribution in [-0.4, -0.2) is 22.1 Å². The second-order valence-corrected chi connectivity index (χ2v) is 6.69. The lowest BCUT2D eigenvalue weighted by atomic mass is 10.2. The van der Waals surface area contributed by atoms with Gasteiger partial charge in [0.1, 0.15) is 5.82 Å². The van der Waals surface area contributed by atoms with Crippen molar-refractivity contribution in [3.05, 3.63) is 70.3 Å². The van der Waals surface area contributed by atoms with Gasteiger partial charge in [0.05, 0.1) is 0 Å². The summed E-state index contributed by atoms with van der Waals surface area (Å²) in [7, 11) is 1.82. The van der Waals surface area contributed by atoms with E-state index in [1.807, 2.05) is 68.6 Å². The molecule has 1 unspecified atom stereocenters. The van der Waals surface area contributed by atoms with Gasteiger partial charge in [0, 0.05) is 40.2 Å². The third-order valence-electron chi connectivity index (χ3n) is 3.72. The number of nitrogens with zero attached hydrogens (tertiary/aromatic N) is 2. The summed E-state index contributed by atoms with van der Waals surface area (Å²) in [5.74, 6) is 1.29. The van der Waals surface area contributed by atoms with Crippen LogP contribution in [0.15, 0.2) is 59.1 Å². The third-order valence-corrected chi connectivity index (χ3v) is 4.21. The molecule has 0 saturated heterocycles. The van der Waals surface area contributed by atoms with Gasteiger partial charge in [-0.15, -0.1) is 0 Å². The van der Waals surface area contributed by atoms with Crippen molar-refractivity contribution in [3.8, 4) is 0 Å². The largest absolute Gasteiger partial charge is 0.373 e. The second-order valence-electron chi connectivity index (χ2n) is 5.77. The molecule has 0 aliphatic carbocycles. The maximum atomic E-state index is 10.3. The van der Waals surface area contributed by atoms with Gasteiger partial charge in [-0.3, -0.25) is 0 Å². The van der Waals surface area contributed by atoms with E-state index in [4.69, 9.17) is 0 Å². The Hall–Kier alpha value is -2.64. The van der Waals surface area contributed by atoms with Crippen LogP contribution in [-0.2, 0) is 0 Å². The Morgan fingerprint density at radius 2 is 1.73 bits per heavy atom. The smallest absolute Gasteiger partial charge is 0.229 e. The van der Waals surface area contributed by atoms with Gasteiger partial charge >= 0.3 is 0 Å². The monoisotopic (exact) mass is 413 g/mol. The number of benzene rings is 2. The zero-order chi connectivity index (χ0) is 18.5. The minimum absolute atomic E-state index is 0.532. The molecule has 0 spiro atoms. The molecular weight excluding hydrogens is 394 g/mol. The van der Waals surface area contributed by atoms with Crippen LogP contribution in [0.1, 0.15) is 17.5 Å². The lowest BCUT2D eigenvalue weighted by molar-refractivity contribution is 0.208. The van der Waals surface area contributed by atoms with Crippen molar-refractivity contribution in [2.75, 3.05) is 23.0 Å². The van der Waals surface area contributed by atoms with Gasteiger partial charge in [-0.2, -0.15) is 4.98 Å². The van der Waals surface area contributed by atoms with Gasteiger partial charge in [-0.25, -0.2) is 4.98 Å². The molecule has 3 aromatic rings. The van der Waals surface area contributed by atoms with Gasteiger partial charge < -0.3 is 21.1 Å². The van der Waals surface area contributed by atoms with Crippen LogP contribution in [0.2, 0.25) is 0 Å². The Bertz CT molecular complexity index is 885. The molecule has 0 amide bonds. The predicted octanol–water partition coefficient (Wildman–Crippen LogP) is 4.44. The van der Waals surface area contributed by atoms with E-state index in [-0.39, 0.29) is 0 Å². The minimum Gasteiger partial charge on any atom is -0.373 e. The number of aliphatic hydroxyl groups excluding tert-OH is 1.